The highest BCUT2D eigenvalue weighted by Gasteiger charge is 2.30. The van der Waals surface area contributed by atoms with Gasteiger partial charge in [0, 0.05) is 23.7 Å². The van der Waals surface area contributed by atoms with E-state index in [1.807, 2.05) is 42.7 Å². The molecule has 2 N–H and O–H groups in total. The molecule has 3 aromatic rings. The lowest BCUT2D eigenvalue weighted by molar-refractivity contribution is 0.313. The largest absolute Gasteiger partial charge is 0.493 e. The van der Waals surface area contributed by atoms with Crippen LogP contribution in [0.25, 0.3) is 11.3 Å². The predicted molar refractivity (Wildman–Crippen MR) is 113 cm³/mol. The van der Waals surface area contributed by atoms with E-state index in [4.69, 9.17) is 9.47 Å². The number of nitrogens with one attached hydrogen (secondary N) is 2. The van der Waals surface area contributed by atoms with Gasteiger partial charge in [-0.3, -0.25) is 4.98 Å². The van der Waals surface area contributed by atoms with Crippen LogP contribution in [-0.2, 0) is 12.8 Å². The van der Waals surface area contributed by atoms with E-state index in [1.165, 1.54) is 11.3 Å². The van der Waals surface area contributed by atoms with Crippen molar-refractivity contribution >= 4 is 11.4 Å². The molecule has 2 heterocycles. The summed E-state index contributed by atoms with van der Waals surface area (Å²) in [7, 11) is 3.33. The minimum Gasteiger partial charge on any atom is -0.493 e. The molecule has 0 amide bonds. The van der Waals surface area contributed by atoms with E-state index >= 15 is 0 Å². The van der Waals surface area contributed by atoms with Crippen LogP contribution in [0.3, 0.4) is 0 Å². The van der Waals surface area contributed by atoms with Crippen molar-refractivity contribution in [1.82, 2.24) is 9.97 Å². The fraction of sp³-hybridized carbons (Fsp3) is 0.348. The predicted octanol–water partition coefficient (Wildman–Crippen LogP) is 5.35. The minimum atomic E-state index is 0.304. The molecule has 4 rings (SSSR count). The summed E-state index contributed by atoms with van der Waals surface area (Å²) < 4.78 is 11.1. The van der Waals surface area contributed by atoms with Crippen LogP contribution in [-0.4, -0.2) is 24.2 Å². The molecule has 1 aliphatic rings. The van der Waals surface area contributed by atoms with Gasteiger partial charge in [0.2, 0.25) is 0 Å². The molecule has 1 aromatic carbocycles. The first-order valence-electron chi connectivity index (χ1n) is 9.64. The van der Waals surface area contributed by atoms with E-state index in [-0.39, 0.29) is 0 Å². The number of ether oxygens (including phenoxy) is 2. The maximum atomic E-state index is 5.63. The number of hydrogen-bond donors (Lipinski definition) is 2. The van der Waals surface area contributed by atoms with Crippen molar-refractivity contribution in [2.75, 3.05) is 19.5 Å². The van der Waals surface area contributed by atoms with Crippen molar-refractivity contribution in [1.29, 1.82) is 0 Å². The molecule has 28 heavy (non-hydrogen) atoms. The summed E-state index contributed by atoms with van der Waals surface area (Å²) in [6, 6.07) is 9.97. The van der Waals surface area contributed by atoms with Crippen LogP contribution in [0.1, 0.15) is 31.5 Å². The van der Waals surface area contributed by atoms with E-state index in [9.17, 15) is 0 Å². The highest BCUT2D eigenvalue weighted by atomic mass is 16.5. The number of pyridine rings is 1. The molecule has 0 unspecified atom stereocenters. The Hall–Kier alpha value is -2.95. The van der Waals surface area contributed by atoms with Crippen LogP contribution in [0, 0.1) is 5.41 Å². The minimum absolute atomic E-state index is 0.304. The van der Waals surface area contributed by atoms with E-state index in [0.717, 1.165) is 41.9 Å². The highest BCUT2D eigenvalue weighted by molar-refractivity contribution is 5.84. The van der Waals surface area contributed by atoms with Gasteiger partial charge in [0.25, 0.3) is 0 Å². The highest BCUT2D eigenvalue weighted by Crippen LogP contribution is 2.45. The van der Waals surface area contributed by atoms with Crippen LogP contribution in [0.5, 0.6) is 11.5 Å². The summed E-state index contributed by atoms with van der Waals surface area (Å²) >= 11 is 0. The van der Waals surface area contributed by atoms with Crippen LogP contribution in [0.15, 0.2) is 42.7 Å². The molecule has 0 bridgehead atoms. The van der Waals surface area contributed by atoms with Gasteiger partial charge in [0.1, 0.15) is 0 Å². The Labute approximate surface area is 166 Å². The second kappa shape index (κ2) is 7.23. The molecule has 0 saturated carbocycles. The second-order valence-electron chi connectivity index (χ2n) is 8.08. The van der Waals surface area contributed by atoms with Crippen molar-refractivity contribution in [2.24, 2.45) is 5.41 Å². The number of methoxy groups -OCH3 is 2. The Morgan fingerprint density at radius 2 is 1.86 bits per heavy atom. The molecule has 5 nitrogen and oxygen atoms in total. The Kier molecular flexibility index (Phi) is 4.75. The molecular formula is C23H27N3O2. The van der Waals surface area contributed by atoms with Gasteiger partial charge in [-0.25, -0.2) is 0 Å². The van der Waals surface area contributed by atoms with Gasteiger partial charge in [-0.05, 0) is 54.5 Å². The first kappa shape index (κ1) is 18.4. The number of H-pyrrole nitrogens is 1. The average Bonchev–Trinajstić information content (AvgIpc) is 3.04. The van der Waals surface area contributed by atoms with Crippen LogP contribution in [0.4, 0.5) is 11.4 Å². The number of para-hydroxylation sites is 1. The number of benzene rings is 1. The monoisotopic (exact) mass is 377 g/mol. The van der Waals surface area contributed by atoms with E-state index in [2.05, 4.69) is 29.1 Å². The lowest BCUT2D eigenvalue weighted by atomic mass is 9.76. The van der Waals surface area contributed by atoms with Crippen LogP contribution >= 0.6 is 0 Å². The number of rotatable bonds is 5. The maximum absolute atomic E-state index is 5.63. The molecular weight excluding hydrogens is 350 g/mol. The zero-order chi connectivity index (χ0) is 19.7. The Balaban J connectivity index is 1.84. The quantitative estimate of drug-likeness (QED) is 0.629. The molecule has 0 saturated heterocycles. The van der Waals surface area contributed by atoms with Gasteiger partial charge in [0.05, 0.1) is 31.3 Å². The van der Waals surface area contributed by atoms with Crippen LogP contribution in [0.2, 0.25) is 0 Å². The molecule has 1 aliphatic carbocycles. The summed E-state index contributed by atoms with van der Waals surface area (Å²) in [6.45, 7) is 4.67. The van der Waals surface area contributed by atoms with E-state index in [0.29, 0.717) is 16.9 Å². The number of anilines is 2. The third kappa shape index (κ3) is 3.33. The smallest absolute Gasteiger partial charge is 0.184 e. The van der Waals surface area contributed by atoms with Crippen molar-refractivity contribution in [3.05, 3.63) is 54.0 Å². The van der Waals surface area contributed by atoms with Gasteiger partial charge >= 0.3 is 0 Å². The molecule has 0 aliphatic heterocycles. The zero-order valence-electron chi connectivity index (χ0n) is 16.9. The molecule has 0 radical (unpaired) electrons. The molecule has 2 aromatic heterocycles. The SMILES string of the molecule is COc1cccc(Nc2c(-c3ccncc3)[nH]c3c2CCC(C)(C)C3)c1OC. The van der Waals surface area contributed by atoms with Gasteiger partial charge in [-0.15, -0.1) is 0 Å². The standard InChI is InChI=1S/C23H27N3O2/c1-23(2)11-8-16-18(14-23)26-20(15-9-12-24-13-10-15)21(16)25-17-6-5-7-19(27-3)22(17)28-4/h5-7,9-10,12-13,25-26H,8,11,14H2,1-4H3. The summed E-state index contributed by atoms with van der Waals surface area (Å²) in [6.07, 6.45) is 6.90. The molecule has 0 spiro atoms. The molecule has 5 heteroatoms. The lowest BCUT2D eigenvalue weighted by Crippen LogP contribution is -2.22. The third-order valence-electron chi connectivity index (χ3n) is 5.53. The lowest BCUT2D eigenvalue weighted by Gasteiger charge is -2.29. The maximum Gasteiger partial charge on any atom is 0.184 e. The van der Waals surface area contributed by atoms with Crippen molar-refractivity contribution < 1.29 is 9.47 Å². The number of aromatic amines is 1. The normalized spacial score (nSPS) is 15.0. The topological polar surface area (TPSA) is 59.2 Å². The molecule has 0 atom stereocenters. The summed E-state index contributed by atoms with van der Waals surface area (Å²) in [5.41, 5.74) is 7.19. The van der Waals surface area contributed by atoms with E-state index < -0.39 is 0 Å². The number of hydrogen-bond acceptors (Lipinski definition) is 4. The summed E-state index contributed by atoms with van der Waals surface area (Å²) in [4.78, 5) is 7.87. The summed E-state index contributed by atoms with van der Waals surface area (Å²) in [5.74, 6) is 1.42. The van der Waals surface area contributed by atoms with Gasteiger partial charge in [-0.2, -0.15) is 0 Å². The first-order valence-corrected chi connectivity index (χ1v) is 9.64. The number of aromatic nitrogens is 2. The van der Waals surface area contributed by atoms with Gasteiger partial charge in [-0.1, -0.05) is 19.9 Å². The Morgan fingerprint density at radius 1 is 1.07 bits per heavy atom. The Bertz CT molecular complexity index is 977. The van der Waals surface area contributed by atoms with Crippen molar-refractivity contribution in [3.63, 3.8) is 0 Å². The number of fused-ring (bicyclic) bond motifs is 1. The fourth-order valence-electron chi connectivity index (χ4n) is 4.04. The molecule has 146 valence electrons. The van der Waals surface area contributed by atoms with Gasteiger partial charge in [0.15, 0.2) is 11.5 Å². The Morgan fingerprint density at radius 3 is 2.57 bits per heavy atom. The zero-order valence-corrected chi connectivity index (χ0v) is 16.9. The second-order valence-corrected chi connectivity index (χ2v) is 8.08. The average molecular weight is 377 g/mol. The number of nitrogens with zero attached hydrogens (tertiary/aromatic N) is 1. The first-order chi connectivity index (χ1) is 13.5. The third-order valence-corrected chi connectivity index (χ3v) is 5.53. The van der Waals surface area contributed by atoms with Crippen LogP contribution < -0.4 is 14.8 Å². The molecule has 0 fully saturated rings. The summed E-state index contributed by atoms with van der Waals surface area (Å²) in [5, 5.41) is 3.64. The van der Waals surface area contributed by atoms with E-state index in [1.54, 1.807) is 14.2 Å². The van der Waals surface area contributed by atoms with Crippen molar-refractivity contribution in [3.8, 4) is 22.8 Å². The van der Waals surface area contributed by atoms with Crippen molar-refractivity contribution in [2.45, 2.75) is 33.1 Å². The van der Waals surface area contributed by atoms with Gasteiger partial charge < -0.3 is 19.8 Å². The fourth-order valence-corrected chi connectivity index (χ4v) is 4.04.